The fraction of sp³-hybridized carbons (Fsp3) is 0.222. The number of aryl methyl sites for hydroxylation is 1. The largest absolute Gasteiger partial charge is 0.508 e. The van der Waals surface area contributed by atoms with Gasteiger partial charge in [-0.15, -0.1) is 0 Å². The van der Waals surface area contributed by atoms with Crippen molar-refractivity contribution in [2.45, 2.75) is 38.0 Å². The average molecular weight is 462 g/mol. The summed E-state index contributed by atoms with van der Waals surface area (Å²) in [5.74, 6) is -1.60. The van der Waals surface area contributed by atoms with E-state index in [2.05, 4.69) is 9.98 Å². The normalized spacial score (nSPS) is 16.5. The van der Waals surface area contributed by atoms with Crippen molar-refractivity contribution in [1.82, 2.24) is 4.98 Å². The number of aliphatic carboxylic acids is 1. The fourth-order valence-corrected chi connectivity index (χ4v) is 4.29. The molecular formula is C27H26FN2O4+. The molecule has 3 aromatic rings. The molecule has 0 amide bonds. The van der Waals surface area contributed by atoms with Crippen LogP contribution in [0.25, 0.3) is 11.1 Å². The molecule has 0 saturated heterocycles. The lowest BCUT2D eigenvalue weighted by atomic mass is 9.83. The predicted octanol–water partition coefficient (Wildman–Crippen LogP) is 3.87. The van der Waals surface area contributed by atoms with Crippen molar-refractivity contribution in [3.63, 3.8) is 0 Å². The summed E-state index contributed by atoms with van der Waals surface area (Å²) in [6, 6.07) is 18.2. The van der Waals surface area contributed by atoms with Gasteiger partial charge in [0.1, 0.15) is 11.3 Å². The van der Waals surface area contributed by atoms with Crippen molar-refractivity contribution in [3.8, 4) is 16.9 Å². The van der Waals surface area contributed by atoms with E-state index in [1.54, 1.807) is 24.3 Å². The molecule has 1 atom stereocenters. The number of aromatic nitrogens is 1. The topological polar surface area (TPSA) is 105 Å². The Bertz CT molecular complexity index is 1230. The van der Waals surface area contributed by atoms with Gasteiger partial charge < -0.3 is 15.3 Å². The minimum Gasteiger partial charge on any atom is -0.508 e. The number of hydrogen-bond acceptors (Lipinski definition) is 3. The van der Waals surface area contributed by atoms with Gasteiger partial charge in [0, 0.05) is 18.2 Å². The van der Waals surface area contributed by atoms with Gasteiger partial charge in [0.15, 0.2) is 5.70 Å². The summed E-state index contributed by atoms with van der Waals surface area (Å²) in [5.41, 5.74) is 4.10. The molecule has 1 aliphatic rings. The lowest BCUT2D eigenvalue weighted by Gasteiger charge is -2.21. The zero-order valence-electron chi connectivity index (χ0n) is 18.5. The highest BCUT2D eigenvalue weighted by molar-refractivity contribution is 5.87. The summed E-state index contributed by atoms with van der Waals surface area (Å²) < 4.78 is 14.2. The predicted molar refractivity (Wildman–Crippen MR) is 126 cm³/mol. The van der Waals surface area contributed by atoms with Crippen LogP contribution in [0, 0.1) is 5.95 Å². The molecule has 0 fully saturated rings. The van der Waals surface area contributed by atoms with Crippen molar-refractivity contribution in [2.75, 3.05) is 0 Å². The number of phenolic OH excluding ortho intramolecular Hbond substituents is 1. The fourth-order valence-electron chi connectivity index (χ4n) is 4.29. The van der Waals surface area contributed by atoms with E-state index in [9.17, 15) is 24.5 Å². The summed E-state index contributed by atoms with van der Waals surface area (Å²) in [6.07, 6.45) is 3.32. The number of halogens is 1. The van der Waals surface area contributed by atoms with Crippen LogP contribution in [0.3, 0.4) is 0 Å². The molecule has 0 saturated carbocycles. The van der Waals surface area contributed by atoms with Crippen LogP contribution in [0.2, 0.25) is 0 Å². The number of nitrogens with one attached hydrogen (secondary N) is 1. The number of carboxylic acid groups (broad SMARTS) is 1. The maximum Gasteiger partial charge on any atom is 0.338 e. The second-order valence-electron chi connectivity index (χ2n) is 8.40. The van der Waals surface area contributed by atoms with E-state index in [-0.39, 0.29) is 36.0 Å². The van der Waals surface area contributed by atoms with Crippen molar-refractivity contribution in [1.29, 1.82) is 0 Å². The molecule has 1 aliphatic carbocycles. The standard InChI is InChI=1S/C27H25FN2O4/c28-26-22(2-1-15-29-26)20-10-13-23(27(33)34)24(16-20)30-25(32)14-5-17-3-6-18(7-4-17)19-8-11-21(31)12-9-19/h1-4,6-9,11-12,15,20,31H,5,10,13-14,16H2,(H,30,32)(H,33,34)/p+1. The third-order valence-electron chi connectivity index (χ3n) is 6.14. The molecule has 0 radical (unpaired) electrons. The number of benzene rings is 2. The Hall–Kier alpha value is -4.00. The number of hydrogen-bond donors (Lipinski definition) is 4. The molecule has 1 heterocycles. The van der Waals surface area contributed by atoms with Gasteiger partial charge in [0.2, 0.25) is 5.95 Å². The molecule has 1 unspecified atom stereocenters. The highest BCUT2D eigenvalue weighted by Crippen LogP contribution is 2.34. The minimum absolute atomic E-state index is 0.0244. The van der Waals surface area contributed by atoms with Crippen molar-refractivity contribution >= 4 is 11.9 Å². The van der Waals surface area contributed by atoms with E-state index in [4.69, 9.17) is 0 Å². The number of carbonyl (C=O) groups is 1. The van der Waals surface area contributed by atoms with Gasteiger partial charge in [-0.05, 0) is 60.1 Å². The molecule has 0 aliphatic heterocycles. The van der Waals surface area contributed by atoms with Gasteiger partial charge in [-0.1, -0.05) is 42.5 Å². The highest BCUT2D eigenvalue weighted by Gasteiger charge is 2.31. The monoisotopic (exact) mass is 461 g/mol. The first-order valence-corrected chi connectivity index (χ1v) is 11.2. The zero-order valence-corrected chi connectivity index (χ0v) is 18.5. The Morgan fingerprint density at radius 1 is 1.03 bits per heavy atom. The first kappa shape index (κ1) is 23.2. The summed E-state index contributed by atoms with van der Waals surface area (Å²) in [7, 11) is 0. The number of rotatable bonds is 7. The molecule has 34 heavy (non-hydrogen) atoms. The van der Waals surface area contributed by atoms with Gasteiger partial charge in [-0.2, -0.15) is 9.38 Å². The van der Waals surface area contributed by atoms with Crippen LogP contribution in [-0.4, -0.2) is 32.2 Å². The van der Waals surface area contributed by atoms with Gasteiger partial charge in [0.05, 0.1) is 6.42 Å². The second-order valence-corrected chi connectivity index (χ2v) is 8.40. The number of phenols is 1. The Kier molecular flexibility index (Phi) is 7.01. The summed E-state index contributed by atoms with van der Waals surface area (Å²) in [4.78, 5) is 18.3. The SMILES string of the molecule is O=C(O)C1=C([NH+]=C(O)CCc2ccc(-c3ccc(O)cc3)cc2)CC(c2cccnc2F)CC1. The highest BCUT2D eigenvalue weighted by atomic mass is 19.1. The molecule has 1 aromatic heterocycles. The Labute approximate surface area is 196 Å². The molecule has 4 rings (SSSR count). The quantitative estimate of drug-likeness (QED) is 0.243. The van der Waals surface area contributed by atoms with Crippen molar-refractivity contribution in [3.05, 3.63) is 95.2 Å². The molecular weight excluding hydrogens is 435 g/mol. The van der Waals surface area contributed by atoms with Crippen LogP contribution in [0.4, 0.5) is 4.39 Å². The Balaban J connectivity index is 1.45. The number of aliphatic hydroxyl groups excluding tert-OH is 1. The first-order valence-electron chi connectivity index (χ1n) is 11.2. The second kappa shape index (κ2) is 10.3. The number of pyridine rings is 1. The number of aliphatic hydroxyl groups is 1. The van der Waals surface area contributed by atoms with E-state index in [1.807, 2.05) is 36.4 Å². The molecule has 0 spiro atoms. The van der Waals surface area contributed by atoms with Gasteiger partial charge in [0.25, 0.3) is 0 Å². The van der Waals surface area contributed by atoms with E-state index in [0.717, 1.165) is 16.7 Å². The van der Waals surface area contributed by atoms with Crippen LogP contribution >= 0.6 is 0 Å². The van der Waals surface area contributed by atoms with Crippen LogP contribution < -0.4 is 4.99 Å². The van der Waals surface area contributed by atoms with Crippen LogP contribution in [0.1, 0.15) is 42.7 Å². The molecule has 174 valence electrons. The van der Waals surface area contributed by atoms with Crippen LogP contribution in [-0.2, 0) is 11.2 Å². The van der Waals surface area contributed by atoms with Crippen molar-refractivity contribution in [2.24, 2.45) is 0 Å². The third-order valence-corrected chi connectivity index (χ3v) is 6.14. The van der Waals surface area contributed by atoms with Gasteiger partial charge >= 0.3 is 11.9 Å². The average Bonchev–Trinajstić information content (AvgIpc) is 2.84. The number of allylic oxidation sites excluding steroid dienone is 1. The maximum absolute atomic E-state index is 14.2. The summed E-state index contributed by atoms with van der Waals surface area (Å²) in [5, 5.41) is 29.5. The lowest BCUT2D eigenvalue weighted by molar-refractivity contribution is -0.415. The van der Waals surface area contributed by atoms with Crippen molar-refractivity contribution < 1.29 is 29.5 Å². The lowest BCUT2D eigenvalue weighted by Crippen LogP contribution is -2.72. The van der Waals surface area contributed by atoms with E-state index < -0.39 is 11.9 Å². The van der Waals surface area contributed by atoms with Crippen LogP contribution in [0.5, 0.6) is 5.75 Å². The van der Waals surface area contributed by atoms with Crippen LogP contribution in [0.15, 0.2) is 78.1 Å². The number of nitrogens with zero attached hydrogens (tertiary/aromatic N) is 1. The number of aromatic hydroxyl groups is 1. The van der Waals surface area contributed by atoms with Gasteiger partial charge in [-0.3, -0.25) is 0 Å². The Morgan fingerprint density at radius 3 is 2.35 bits per heavy atom. The minimum atomic E-state index is -1.04. The zero-order chi connectivity index (χ0) is 24.1. The third kappa shape index (κ3) is 5.49. The molecule has 4 N–H and O–H groups in total. The maximum atomic E-state index is 14.2. The van der Waals surface area contributed by atoms with Gasteiger partial charge in [-0.25, -0.2) is 9.78 Å². The number of carboxylic acids is 1. The molecule has 2 aromatic carbocycles. The molecule has 0 bridgehead atoms. The molecule has 7 heteroatoms. The van der Waals surface area contributed by atoms with E-state index in [0.29, 0.717) is 30.5 Å². The summed E-state index contributed by atoms with van der Waals surface area (Å²) >= 11 is 0. The smallest absolute Gasteiger partial charge is 0.338 e. The molecule has 6 nitrogen and oxygen atoms in total. The first-order chi connectivity index (χ1) is 16.4. The van der Waals surface area contributed by atoms with E-state index in [1.165, 1.54) is 6.20 Å². The van der Waals surface area contributed by atoms with E-state index >= 15 is 0 Å². The summed E-state index contributed by atoms with van der Waals surface area (Å²) in [6.45, 7) is 0. The Morgan fingerprint density at radius 2 is 1.71 bits per heavy atom.